The Morgan fingerprint density at radius 1 is 0.586 bits per heavy atom. The van der Waals surface area contributed by atoms with Crippen LogP contribution in [-0.4, -0.2) is 13.0 Å². The van der Waals surface area contributed by atoms with Crippen molar-refractivity contribution >= 4 is 21.0 Å². The van der Waals surface area contributed by atoms with Gasteiger partial charge in [-0.2, -0.15) is 8.42 Å². The molecule has 0 unspecified atom stereocenters. The van der Waals surface area contributed by atoms with Crippen molar-refractivity contribution in [2.24, 2.45) is 0 Å². The summed E-state index contributed by atoms with van der Waals surface area (Å²) in [5, 5.41) is 0. The van der Waals surface area contributed by atoms with Crippen LogP contribution < -0.4 is 0 Å². The highest BCUT2D eigenvalue weighted by molar-refractivity contribution is 7.97. The van der Waals surface area contributed by atoms with Gasteiger partial charge in [0.2, 0.25) is 0 Å². The quantitative estimate of drug-likeness (QED) is 0.334. The molecular formula is C24H19O3S2+. The van der Waals surface area contributed by atoms with Crippen molar-refractivity contribution in [1.29, 1.82) is 0 Å². The van der Waals surface area contributed by atoms with Gasteiger partial charge in [0.05, 0.1) is 16.5 Å². The van der Waals surface area contributed by atoms with Crippen molar-refractivity contribution in [2.45, 2.75) is 19.6 Å². The van der Waals surface area contributed by atoms with Crippen molar-refractivity contribution in [3.05, 3.63) is 109 Å². The van der Waals surface area contributed by atoms with Crippen LogP contribution in [0, 0.1) is 0 Å². The normalized spacial score (nSPS) is 11.5. The fourth-order valence-electron chi connectivity index (χ4n) is 3.29. The fourth-order valence-corrected chi connectivity index (χ4v) is 6.37. The zero-order valence-corrected chi connectivity index (χ0v) is 17.1. The molecule has 5 heteroatoms. The molecule has 0 saturated carbocycles. The van der Waals surface area contributed by atoms with Gasteiger partial charge in [-0.15, -0.1) is 0 Å². The Balaban J connectivity index is 2.07. The third kappa shape index (κ3) is 4.12. The van der Waals surface area contributed by atoms with E-state index in [0.717, 1.165) is 20.2 Å². The van der Waals surface area contributed by atoms with Crippen LogP contribution in [0.1, 0.15) is 0 Å². The second kappa shape index (κ2) is 8.25. The Kier molecular flexibility index (Phi) is 5.53. The first kappa shape index (κ1) is 19.5. The minimum atomic E-state index is -4.40. The molecule has 0 atom stereocenters. The lowest BCUT2D eigenvalue weighted by atomic mass is 10.1. The van der Waals surface area contributed by atoms with Crippen LogP contribution in [0.25, 0.3) is 11.1 Å². The summed E-state index contributed by atoms with van der Waals surface area (Å²) >= 11 is 0. The SMILES string of the molecule is O=S(=O)(O)c1cccc([S+](c2ccccc2)c2ccccc2)c1-c1ccccc1. The van der Waals surface area contributed by atoms with Crippen LogP contribution in [-0.2, 0) is 21.0 Å². The van der Waals surface area contributed by atoms with Crippen LogP contribution in [0.2, 0.25) is 0 Å². The molecule has 0 radical (unpaired) electrons. The van der Waals surface area contributed by atoms with Crippen molar-refractivity contribution in [2.75, 3.05) is 0 Å². The number of benzene rings is 4. The molecule has 0 fully saturated rings. The molecule has 0 bridgehead atoms. The molecule has 0 aliphatic heterocycles. The van der Waals surface area contributed by atoms with Crippen LogP contribution in [0.3, 0.4) is 0 Å². The number of hydrogen-bond donors (Lipinski definition) is 1. The van der Waals surface area contributed by atoms with E-state index < -0.39 is 21.0 Å². The Labute approximate surface area is 173 Å². The average Bonchev–Trinajstić information content (AvgIpc) is 2.75. The maximum Gasteiger partial charge on any atom is 0.295 e. The predicted octanol–water partition coefficient (Wildman–Crippen LogP) is 5.70. The van der Waals surface area contributed by atoms with Gasteiger partial charge in [-0.1, -0.05) is 72.8 Å². The summed E-state index contributed by atoms with van der Waals surface area (Å²) < 4.78 is 34.4. The largest absolute Gasteiger partial charge is 0.295 e. The van der Waals surface area contributed by atoms with E-state index in [-0.39, 0.29) is 4.90 Å². The lowest BCUT2D eigenvalue weighted by Gasteiger charge is -2.14. The van der Waals surface area contributed by atoms with Gasteiger partial charge < -0.3 is 0 Å². The molecule has 0 heterocycles. The molecule has 0 aliphatic carbocycles. The Morgan fingerprint density at radius 3 is 1.55 bits per heavy atom. The van der Waals surface area contributed by atoms with E-state index in [1.54, 1.807) is 6.07 Å². The van der Waals surface area contributed by atoms with Gasteiger partial charge in [0.15, 0.2) is 14.7 Å². The lowest BCUT2D eigenvalue weighted by Crippen LogP contribution is -2.10. The Morgan fingerprint density at radius 2 is 1.07 bits per heavy atom. The minimum absolute atomic E-state index is 0.0782. The molecular weight excluding hydrogens is 400 g/mol. The molecule has 144 valence electrons. The molecule has 0 spiro atoms. The first-order chi connectivity index (χ1) is 14.1. The van der Waals surface area contributed by atoms with Gasteiger partial charge in [0.25, 0.3) is 10.1 Å². The summed E-state index contributed by atoms with van der Waals surface area (Å²) in [6, 6.07) is 34.5. The molecule has 4 aromatic rings. The minimum Gasteiger partial charge on any atom is -0.282 e. The molecule has 0 aromatic heterocycles. The van der Waals surface area contributed by atoms with E-state index in [9.17, 15) is 13.0 Å². The molecule has 0 aliphatic rings. The van der Waals surface area contributed by atoms with Gasteiger partial charge in [-0.05, 0) is 42.0 Å². The Hall–Kier alpha value is -2.86. The summed E-state index contributed by atoms with van der Waals surface area (Å²) in [5.74, 6) is 0. The van der Waals surface area contributed by atoms with Gasteiger partial charge in [0, 0.05) is 0 Å². The molecule has 0 saturated heterocycles. The van der Waals surface area contributed by atoms with Crippen molar-refractivity contribution < 1.29 is 13.0 Å². The van der Waals surface area contributed by atoms with Crippen LogP contribution in [0.5, 0.6) is 0 Å². The summed E-state index contributed by atoms with van der Waals surface area (Å²) in [6.45, 7) is 0. The van der Waals surface area contributed by atoms with Gasteiger partial charge in [-0.25, -0.2) is 0 Å². The van der Waals surface area contributed by atoms with Crippen molar-refractivity contribution in [1.82, 2.24) is 0 Å². The fraction of sp³-hybridized carbons (Fsp3) is 0. The zero-order valence-electron chi connectivity index (χ0n) is 15.5. The van der Waals surface area contributed by atoms with Crippen LogP contribution in [0.4, 0.5) is 0 Å². The summed E-state index contributed by atoms with van der Waals surface area (Å²) in [5.41, 5.74) is 1.28. The van der Waals surface area contributed by atoms with E-state index in [0.29, 0.717) is 5.56 Å². The molecule has 4 aromatic carbocycles. The van der Waals surface area contributed by atoms with E-state index in [4.69, 9.17) is 0 Å². The standard InChI is InChI=1S/C24H18O3S2/c25-29(26,27)23-18-10-17-22(24(23)19-11-4-1-5-12-19)28(20-13-6-2-7-14-20)21-15-8-3-9-16-21/h1-18H/p+1. The molecule has 29 heavy (non-hydrogen) atoms. The van der Waals surface area contributed by atoms with Crippen molar-refractivity contribution in [3.8, 4) is 11.1 Å². The zero-order chi connectivity index (χ0) is 20.3. The number of rotatable bonds is 5. The topological polar surface area (TPSA) is 54.4 Å². The first-order valence-electron chi connectivity index (χ1n) is 9.06. The lowest BCUT2D eigenvalue weighted by molar-refractivity contribution is 0.483. The van der Waals surface area contributed by atoms with Crippen molar-refractivity contribution in [3.63, 3.8) is 0 Å². The molecule has 3 nitrogen and oxygen atoms in total. The smallest absolute Gasteiger partial charge is 0.282 e. The maximum absolute atomic E-state index is 12.2. The van der Waals surface area contributed by atoms with Crippen LogP contribution >= 0.6 is 0 Å². The highest BCUT2D eigenvalue weighted by Crippen LogP contribution is 2.40. The van der Waals surface area contributed by atoms with E-state index in [2.05, 4.69) is 0 Å². The van der Waals surface area contributed by atoms with Gasteiger partial charge >= 0.3 is 0 Å². The summed E-state index contributed by atoms with van der Waals surface area (Å²) in [4.78, 5) is 2.92. The molecule has 4 rings (SSSR count). The summed E-state index contributed by atoms with van der Waals surface area (Å²) in [7, 11) is -4.94. The van der Waals surface area contributed by atoms with E-state index in [1.807, 2.05) is 97.1 Å². The van der Waals surface area contributed by atoms with Gasteiger partial charge in [-0.3, -0.25) is 4.55 Å². The van der Waals surface area contributed by atoms with E-state index in [1.165, 1.54) is 6.07 Å². The maximum atomic E-state index is 12.2. The first-order valence-corrected chi connectivity index (χ1v) is 11.7. The number of hydrogen-bond acceptors (Lipinski definition) is 2. The van der Waals surface area contributed by atoms with Gasteiger partial charge in [0.1, 0.15) is 4.90 Å². The summed E-state index contributed by atoms with van der Waals surface area (Å²) in [6.07, 6.45) is 0. The second-order valence-corrected chi connectivity index (χ2v) is 9.79. The van der Waals surface area contributed by atoms with Crippen LogP contribution in [0.15, 0.2) is 129 Å². The third-order valence-corrected chi connectivity index (χ3v) is 7.67. The third-order valence-electron chi connectivity index (χ3n) is 4.51. The molecule has 0 amide bonds. The average molecular weight is 420 g/mol. The highest BCUT2D eigenvalue weighted by atomic mass is 32.2. The highest BCUT2D eigenvalue weighted by Gasteiger charge is 2.34. The predicted molar refractivity (Wildman–Crippen MR) is 117 cm³/mol. The monoisotopic (exact) mass is 419 g/mol. The Bertz CT molecular complexity index is 1170. The second-order valence-electron chi connectivity index (χ2n) is 6.40. The molecule has 1 N–H and O–H groups in total. The van der Waals surface area contributed by atoms with E-state index >= 15 is 0 Å².